The number of carbonyl (C=O) groups excluding carboxylic acids is 3. The molecule has 1 unspecified atom stereocenters. The molecule has 29 heavy (non-hydrogen) atoms. The van der Waals surface area contributed by atoms with Gasteiger partial charge in [0.15, 0.2) is 13.1 Å². The minimum absolute atomic E-state index is 0.0353. The number of amides is 2. The molecule has 1 aliphatic rings. The maximum absolute atomic E-state index is 12.6. The van der Waals surface area contributed by atoms with Crippen LogP contribution < -0.4 is 10.2 Å². The summed E-state index contributed by atoms with van der Waals surface area (Å²) in [6, 6.07) is 0. The van der Waals surface area contributed by atoms with Crippen molar-refractivity contribution in [2.75, 3.05) is 45.2 Å². The average Bonchev–Trinajstić information content (AvgIpc) is 2.99. The van der Waals surface area contributed by atoms with Crippen LogP contribution in [-0.2, 0) is 27.2 Å². The third-order valence-electron chi connectivity index (χ3n) is 5.28. The van der Waals surface area contributed by atoms with E-state index in [9.17, 15) is 14.4 Å². The molecule has 2 amide bonds. The number of anilines is 1. The van der Waals surface area contributed by atoms with Gasteiger partial charge in [-0.1, -0.05) is 6.92 Å². The van der Waals surface area contributed by atoms with E-state index in [4.69, 9.17) is 4.74 Å². The van der Waals surface area contributed by atoms with E-state index in [0.29, 0.717) is 36.2 Å². The van der Waals surface area contributed by atoms with Gasteiger partial charge in [0.1, 0.15) is 5.00 Å². The van der Waals surface area contributed by atoms with Crippen LogP contribution in [-0.4, -0.2) is 62.5 Å². The largest absolute Gasteiger partial charge is 0.462 e. The Hall–Kier alpha value is -1.93. The number of hydrogen-bond donors (Lipinski definition) is 2. The zero-order chi connectivity index (χ0) is 21.6. The van der Waals surface area contributed by atoms with E-state index in [1.165, 1.54) is 16.2 Å². The van der Waals surface area contributed by atoms with Gasteiger partial charge in [-0.05, 0) is 51.5 Å². The Kier molecular flexibility index (Phi) is 8.64. The zero-order valence-corrected chi connectivity index (χ0v) is 19.0. The summed E-state index contributed by atoms with van der Waals surface area (Å²) < 4.78 is 5.25. The summed E-state index contributed by atoms with van der Waals surface area (Å²) in [7, 11) is 1.83. The molecule has 2 N–H and O–H groups in total. The summed E-state index contributed by atoms with van der Waals surface area (Å²) in [5.74, 6) is 0.0359. The van der Waals surface area contributed by atoms with Crippen molar-refractivity contribution in [3.8, 4) is 0 Å². The van der Waals surface area contributed by atoms with E-state index in [-0.39, 0.29) is 30.9 Å². The number of hydrogen-bond acceptors (Lipinski definition) is 5. The molecule has 0 aromatic carbocycles. The summed E-state index contributed by atoms with van der Waals surface area (Å²) in [5.41, 5.74) is 1.54. The number of nitrogens with zero attached hydrogens (tertiary/aromatic N) is 1. The minimum Gasteiger partial charge on any atom is -0.462 e. The lowest BCUT2D eigenvalue weighted by Crippen LogP contribution is -3.11. The molecule has 1 aromatic heterocycles. The van der Waals surface area contributed by atoms with Gasteiger partial charge in [0.25, 0.3) is 11.8 Å². The van der Waals surface area contributed by atoms with Crippen LogP contribution >= 0.6 is 11.3 Å². The second kappa shape index (κ2) is 10.7. The monoisotopic (exact) mass is 424 g/mol. The lowest BCUT2D eigenvalue weighted by atomic mass is 9.88. The predicted octanol–water partition coefficient (Wildman–Crippen LogP) is 1.37. The molecule has 1 heterocycles. The number of quaternary nitrogens is 1. The van der Waals surface area contributed by atoms with E-state index in [1.807, 2.05) is 20.9 Å². The van der Waals surface area contributed by atoms with Crippen LogP contribution in [0.3, 0.4) is 0 Å². The van der Waals surface area contributed by atoms with Crippen LogP contribution in [0.5, 0.6) is 0 Å². The van der Waals surface area contributed by atoms with Crippen molar-refractivity contribution in [1.29, 1.82) is 0 Å². The summed E-state index contributed by atoms with van der Waals surface area (Å²) in [6.45, 7) is 9.92. The highest BCUT2D eigenvalue weighted by Crippen LogP contribution is 2.40. The third kappa shape index (κ3) is 6.02. The van der Waals surface area contributed by atoms with Gasteiger partial charge in [-0.25, -0.2) is 4.79 Å². The Bertz CT molecular complexity index is 743. The van der Waals surface area contributed by atoms with Crippen molar-refractivity contribution in [1.82, 2.24) is 4.90 Å². The average molecular weight is 425 g/mol. The molecule has 7 nitrogen and oxygen atoms in total. The number of fused-ring (bicyclic) bond motifs is 1. The maximum atomic E-state index is 12.6. The second-order valence-electron chi connectivity index (χ2n) is 7.70. The van der Waals surface area contributed by atoms with Gasteiger partial charge < -0.3 is 19.9 Å². The first kappa shape index (κ1) is 23.3. The molecule has 162 valence electrons. The molecule has 0 radical (unpaired) electrons. The Labute approximate surface area is 177 Å². The SMILES string of the molecule is CCOC(=O)c1c(NC(=O)C[NH+](C)CC(=O)N(CC)CC)sc2c1CC[C@H](C)C2. The molecule has 1 aromatic rings. The van der Waals surface area contributed by atoms with Gasteiger partial charge in [0.2, 0.25) is 0 Å². The molecule has 8 heteroatoms. The van der Waals surface area contributed by atoms with Gasteiger partial charge in [0.05, 0.1) is 19.2 Å². The molecular formula is C21H34N3O4S+. The molecule has 0 bridgehead atoms. The number of rotatable bonds is 9. The van der Waals surface area contributed by atoms with E-state index >= 15 is 0 Å². The number of likely N-dealkylation sites (N-methyl/N-ethyl adjacent to an activating group) is 2. The first-order valence-corrected chi connectivity index (χ1v) is 11.3. The van der Waals surface area contributed by atoms with Crippen molar-refractivity contribution in [3.05, 3.63) is 16.0 Å². The Morgan fingerprint density at radius 1 is 1.21 bits per heavy atom. The lowest BCUT2D eigenvalue weighted by molar-refractivity contribution is -0.862. The van der Waals surface area contributed by atoms with Gasteiger partial charge in [-0.3, -0.25) is 9.59 Å². The quantitative estimate of drug-likeness (QED) is 0.587. The van der Waals surface area contributed by atoms with Gasteiger partial charge >= 0.3 is 5.97 Å². The smallest absolute Gasteiger partial charge is 0.341 e. The molecule has 0 aliphatic heterocycles. The summed E-state index contributed by atoms with van der Waals surface area (Å²) in [4.78, 5) is 41.2. The molecule has 0 fully saturated rings. The van der Waals surface area contributed by atoms with Crippen molar-refractivity contribution >= 4 is 34.1 Å². The molecular weight excluding hydrogens is 390 g/mol. The van der Waals surface area contributed by atoms with Crippen molar-refractivity contribution in [2.24, 2.45) is 5.92 Å². The second-order valence-corrected chi connectivity index (χ2v) is 8.81. The third-order valence-corrected chi connectivity index (χ3v) is 6.45. The number of esters is 1. The standard InChI is InChI=1S/C21H33N3O4S/c1-6-24(7-2)18(26)13-23(5)12-17(25)22-20-19(21(27)28-8-3)15-10-9-14(4)11-16(15)29-20/h14H,6-13H2,1-5H3,(H,22,25)/p+1/t14-/m0/s1. The van der Waals surface area contributed by atoms with Gasteiger partial charge in [-0.15, -0.1) is 11.3 Å². The van der Waals surface area contributed by atoms with Crippen LogP contribution in [0.4, 0.5) is 5.00 Å². The Morgan fingerprint density at radius 2 is 1.90 bits per heavy atom. The first-order valence-electron chi connectivity index (χ1n) is 10.5. The first-order chi connectivity index (χ1) is 13.8. The highest BCUT2D eigenvalue weighted by atomic mass is 32.1. The van der Waals surface area contributed by atoms with Gasteiger partial charge in [-0.2, -0.15) is 0 Å². The topological polar surface area (TPSA) is 80.1 Å². The van der Waals surface area contributed by atoms with E-state index in [0.717, 1.165) is 29.7 Å². The molecule has 0 saturated carbocycles. The molecule has 0 spiro atoms. The number of nitrogens with one attached hydrogen (secondary N) is 2. The highest BCUT2D eigenvalue weighted by Gasteiger charge is 2.29. The Morgan fingerprint density at radius 3 is 2.52 bits per heavy atom. The Balaban J connectivity index is 2.09. The van der Waals surface area contributed by atoms with Crippen LogP contribution in [0.2, 0.25) is 0 Å². The number of thiophene rings is 1. The molecule has 1 aliphatic carbocycles. The van der Waals surface area contributed by atoms with Crippen LogP contribution in [0.1, 0.15) is 54.9 Å². The summed E-state index contributed by atoms with van der Waals surface area (Å²) in [5, 5.41) is 3.50. The fourth-order valence-electron chi connectivity index (χ4n) is 3.71. The van der Waals surface area contributed by atoms with Crippen LogP contribution in [0.15, 0.2) is 0 Å². The molecule has 2 atom stereocenters. The van der Waals surface area contributed by atoms with Crippen molar-refractivity contribution in [3.63, 3.8) is 0 Å². The van der Waals surface area contributed by atoms with Crippen LogP contribution in [0, 0.1) is 5.92 Å². The summed E-state index contributed by atoms with van der Waals surface area (Å²) >= 11 is 1.48. The van der Waals surface area contributed by atoms with E-state index < -0.39 is 0 Å². The van der Waals surface area contributed by atoms with E-state index in [2.05, 4.69) is 12.2 Å². The normalized spacial score (nSPS) is 16.7. The van der Waals surface area contributed by atoms with Gasteiger partial charge in [0, 0.05) is 18.0 Å². The fourth-order valence-corrected chi connectivity index (χ4v) is 5.13. The fraction of sp³-hybridized carbons (Fsp3) is 0.667. The van der Waals surface area contributed by atoms with E-state index in [1.54, 1.807) is 11.8 Å². The minimum atomic E-state index is -0.368. The highest BCUT2D eigenvalue weighted by molar-refractivity contribution is 7.17. The summed E-state index contributed by atoms with van der Waals surface area (Å²) in [6.07, 6.45) is 2.79. The maximum Gasteiger partial charge on any atom is 0.341 e. The lowest BCUT2D eigenvalue weighted by Gasteiger charge is -2.20. The van der Waals surface area contributed by atoms with Crippen LogP contribution in [0.25, 0.3) is 0 Å². The number of carbonyl (C=O) groups is 3. The van der Waals surface area contributed by atoms with Crippen molar-refractivity contribution in [2.45, 2.75) is 47.0 Å². The number of ether oxygens (including phenoxy) is 1. The van der Waals surface area contributed by atoms with Crippen molar-refractivity contribution < 1.29 is 24.0 Å². The molecule has 2 rings (SSSR count). The molecule has 0 saturated heterocycles. The zero-order valence-electron chi connectivity index (χ0n) is 18.2. The predicted molar refractivity (Wildman–Crippen MR) is 115 cm³/mol.